The zero-order valence-corrected chi connectivity index (χ0v) is 13.7. The summed E-state index contributed by atoms with van der Waals surface area (Å²) in [4.78, 5) is 4.88. The van der Waals surface area contributed by atoms with Crippen LogP contribution in [0.1, 0.15) is 71.2 Å². The summed E-state index contributed by atoms with van der Waals surface area (Å²) in [5.41, 5.74) is 9.45. The Morgan fingerprint density at radius 1 is 1.33 bits per heavy atom. The van der Waals surface area contributed by atoms with Crippen LogP contribution in [0.5, 0.6) is 0 Å². The van der Waals surface area contributed by atoms with Gasteiger partial charge in [-0.25, -0.2) is 4.98 Å². The lowest BCUT2D eigenvalue weighted by Gasteiger charge is -2.37. The van der Waals surface area contributed by atoms with Crippen molar-refractivity contribution in [3.63, 3.8) is 0 Å². The molecule has 1 fully saturated rings. The molecule has 1 saturated carbocycles. The fourth-order valence-corrected chi connectivity index (χ4v) is 3.80. The molecule has 3 heteroatoms. The standard InChI is InChI=1S/C18H27N3/c1-12(2)17-20-15-10-13(19)7-8-16(15)21(17)14-6-5-9-18(3,4)11-14/h7-8,10,12,14H,5-6,9,11,19H2,1-4H3. The molecule has 1 unspecified atom stereocenters. The van der Waals surface area contributed by atoms with Gasteiger partial charge in [0.1, 0.15) is 5.82 Å². The van der Waals surface area contributed by atoms with Gasteiger partial charge < -0.3 is 10.3 Å². The maximum Gasteiger partial charge on any atom is 0.112 e. The third kappa shape index (κ3) is 2.66. The molecular weight excluding hydrogens is 258 g/mol. The minimum atomic E-state index is 0.432. The summed E-state index contributed by atoms with van der Waals surface area (Å²) < 4.78 is 2.50. The van der Waals surface area contributed by atoms with E-state index in [1.54, 1.807) is 0 Å². The lowest BCUT2D eigenvalue weighted by atomic mass is 9.75. The summed E-state index contributed by atoms with van der Waals surface area (Å²) >= 11 is 0. The van der Waals surface area contributed by atoms with Crippen LogP contribution in [0.15, 0.2) is 18.2 Å². The first-order chi connectivity index (χ1) is 9.87. The molecule has 0 amide bonds. The number of imidazole rings is 1. The van der Waals surface area contributed by atoms with E-state index >= 15 is 0 Å². The van der Waals surface area contributed by atoms with Crippen LogP contribution in [-0.2, 0) is 0 Å². The zero-order valence-electron chi connectivity index (χ0n) is 13.7. The number of nitrogen functional groups attached to an aromatic ring is 1. The van der Waals surface area contributed by atoms with Crippen molar-refractivity contribution in [3.05, 3.63) is 24.0 Å². The fraction of sp³-hybridized carbons (Fsp3) is 0.611. The molecule has 1 aliphatic carbocycles. The molecule has 1 aliphatic rings. The molecule has 3 rings (SSSR count). The molecule has 1 aromatic carbocycles. The van der Waals surface area contributed by atoms with Gasteiger partial charge in [0.05, 0.1) is 11.0 Å². The summed E-state index contributed by atoms with van der Waals surface area (Å²) in [5, 5.41) is 0. The minimum absolute atomic E-state index is 0.432. The molecule has 0 saturated heterocycles. The van der Waals surface area contributed by atoms with Crippen LogP contribution in [-0.4, -0.2) is 9.55 Å². The summed E-state index contributed by atoms with van der Waals surface area (Å²) in [6.45, 7) is 9.25. The van der Waals surface area contributed by atoms with Gasteiger partial charge in [0.15, 0.2) is 0 Å². The average molecular weight is 285 g/mol. The Morgan fingerprint density at radius 2 is 2.10 bits per heavy atom. The first-order valence-corrected chi connectivity index (χ1v) is 8.15. The molecule has 2 aromatic rings. The number of aromatic nitrogens is 2. The van der Waals surface area contributed by atoms with Crippen LogP contribution in [0.4, 0.5) is 5.69 Å². The van der Waals surface area contributed by atoms with Gasteiger partial charge in [-0.1, -0.05) is 34.1 Å². The van der Waals surface area contributed by atoms with Crippen molar-refractivity contribution in [1.29, 1.82) is 0 Å². The predicted octanol–water partition coefficient (Wildman–Crippen LogP) is 4.88. The molecule has 21 heavy (non-hydrogen) atoms. The molecule has 3 nitrogen and oxygen atoms in total. The Balaban J connectivity index is 2.13. The second-order valence-corrected chi connectivity index (χ2v) is 7.66. The van der Waals surface area contributed by atoms with E-state index in [0.29, 0.717) is 17.4 Å². The first kappa shape index (κ1) is 14.4. The molecular formula is C18H27N3. The summed E-state index contributed by atoms with van der Waals surface area (Å²) in [6, 6.07) is 6.72. The maximum atomic E-state index is 5.93. The highest BCUT2D eigenvalue weighted by atomic mass is 15.1. The van der Waals surface area contributed by atoms with Crippen LogP contribution in [0, 0.1) is 5.41 Å². The average Bonchev–Trinajstić information content (AvgIpc) is 2.76. The second-order valence-electron chi connectivity index (χ2n) is 7.66. The molecule has 1 aromatic heterocycles. The van der Waals surface area contributed by atoms with E-state index in [4.69, 9.17) is 10.7 Å². The van der Waals surface area contributed by atoms with E-state index in [9.17, 15) is 0 Å². The van der Waals surface area contributed by atoms with Gasteiger partial charge in [0.25, 0.3) is 0 Å². The molecule has 2 N–H and O–H groups in total. The number of nitrogens with two attached hydrogens (primary N) is 1. The van der Waals surface area contributed by atoms with Crippen LogP contribution >= 0.6 is 0 Å². The van der Waals surface area contributed by atoms with Crippen LogP contribution in [0.25, 0.3) is 11.0 Å². The zero-order chi connectivity index (χ0) is 15.2. The Bertz CT molecular complexity index is 652. The molecule has 0 spiro atoms. The van der Waals surface area contributed by atoms with E-state index in [-0.39, 0.29) is 0 Å². The molecule has 0 bridgehead atoms. The largest absolute Gasteiger partial charge is 0.399 e. The van der Waals surface area contributed by atoms with Crippen LogP contribution in [0.3, 0.4) is 0 Å². The maximum absolute atomic E-state index is 5.93. The highest BCUT2D eigenvalue weighted by molar-refractivity contribution is 5.80. The van der Waals surface area contributed by atoms with E-state index < -0.39 is 0 Å². The summed E-state index contributed by atoms with van der Waals surface area (Å²) in [5.74, 6) is 1.64. The summed E-state index contributed by atoms with van der Waals surface area (Å²) in [6.07, 6.45) is 5.14. The number of anilines is 1. The number of hydrogen-bond acceptors (Lipinski definition) is 2. The molecule has 114 valence electrons. The van der Waals surface area contributed by atoms with Gasteiger partial charge in [-0.15, -0.1) is 0 Å². The smallest absolute Gasteiger partial charge is 0.112 e. The highest BCUT2D eigenvalue weighted by Gasteiger charge is 2.31. The van der Waals surface area contributed by atoms with Crippen LogP contribution < -0.4 is 5.73 Å². The molecule has 0 radical (unpaired) electrons. The number of fused-ring (bicyclic) bond motifs is 1. The Hall–Kier alpha value is -1.51. The predicted molar refractivity (Wildman–Crippen MR) is 89.5 cm³/mol. The van der Waals surface area contributed by atoms with Gasteiger partial charge in [0, 0.05) is 17.6 Å². The van der Waals surface area contributed by atoms with Crippen molar-refractivity contribution in [2.45, 2.75) is 65.3 Å². The van der Waals surface area contributed by atoms with Crippen molar-refractivity contribution in [1.82, 2.24) is 9.55 Å². The van der Waals surface area contributed by atoms with Crippen molar-refractivity contribution in [3.8, 4) is 0 Å². The second kappa shape index (κ2) is 5.04. The van der Waals surface area contributed by atoms with Crippen molar-refractivity contribution in [2.24, 2.45) is 5.41 Å². The lowest BCUT2D eigenvalue weighted by molar-refractivity contribution is 0.183. The molecule has 1 atom stereocenters. The normalized spacial score (nSPS) is 22.0. The van der Waals surface area contributed by atoms with Gasteiger partial charge in [0.2, 0.25) is 0 Å². The fourth-order valence-electron chi connectivity index (χ4n) is 3.80. The number of rotatable bonds is 2. The Kier molecular flexibility index (Phi) is 3.46. The minimum Gasteiger partial charge on any atom is -0.399 e. The quantitative estimate of drug-likeness (QED) is 0.799. The third-order valence-electron chi connectivity index (χ3n) is 4.80. The number of nitrogens with zero attached hydrogens (tertiary/aromatic N) is 2. The topological polar surface area (TPSA) is 43.8 Å². The van der Waals surface area contributed by atoms with E-state index in [0.717, 1.165) is 11.2 Å². The monoisotopic (exact) mass is 285 g/mol. The van der Waals surface area contributed by atoms with Gasteiger partial charge in [-0.2, -0.15) is 0 Å². The van der Waals surface area contributed by atoms with Gasteiger partial charge in [-0.3, -0.25) is 0 Å². The highest BCUT2D eigenvalue weighted by Crippen LogP contribution is 2.43. The SMILES string of the molecule is CC(C)c1nc2cc(N)ccc2n1C1CCCC(C)(C)C1. The number of benzene rings is 1. The van der Waals surface area contributed by atoms with E-state index in [1.165, 1.54) is 37.0 Å². The Labute approximate surface area is 127 Å². The summed E-state index contributed by atoms with van der Waals surface area (Å²) in [7, 11) is 0. The Morgan fingerprint density at radius 3 is 2.76 bits per heavy atom. The van der Waals surface area contributed by atoms with Gasteiger partial charge in [-0.05, 0) is 42.9 Å². The van der Waals surface area contributed by atoms with Crippen molar-refractivity contribution in [2.75, 3.05) is 5.73 Å². The first-order valence-electron chi connectivity index (χ1n) is 8.15. The van der Waals surface area contributed by atoms with Crippen LogP contribution in [0.2, 0.25) is 0 Å². The van der Waals surface area contributed by atoms with Crippen molar-refractivity contribution >= 4 is 16.7 Å². The van der Waals surface area contributed by atoms with Crippen molar-refractivity contribution < 1.29 is 0 Å². The lowest BCUT2D eigenvalue weighted by Crippen LogP contribution is -2.26. The third-order valence-corrected chi connectivity index (χ3v) is 4.80. The van der Waals surface area contributed by atoms with E-state index in [2.05, 4.69) is 38.3 Å². The number of hydrogen-bond donors (Lipinski definition) is 1. The van der Waals surface area contributed by atoms with Gasteiger partial charge >= 0.3 is 0 Å². The van der Waals surface area contributed by atoms with E-state index in [1.807, 2.05) is 12.1 Å². The molecule has 0 aliphatic heterocycles. The molecule has 1 heterocycles.